The van der Waals surface area contributed by atoms with Gasteiger partial charge >= 0.3 is 0 Å². The monoisotopic (exact) mass is 327 g/mol. The van der Waals surface area contributed by atoms with Crippen LogP contribution in [-0.2, 0) is 17.8 Å². The van der Waals surface area contributed by atoms with Crippen LogP contribution in [-0.4, -0.2) is 30.2 Å². The number of thioether (sulfide) groups is 1. The Bertz CT molecular complexity index is 730. The molecule has 2 aromatic rings. The van der Waals surface area contributed by atoms with E-state index in [9.17, 15) is 4.79 Å². The quantitative estimate of drug-likeness (QED) is 0.938. The summed E-state index contributed by atoms with van der Waals surface area (Å²) in [4.78, 5) is 19.9. The molecular formula is C18H21N3OS. The zero-order valence-electron chi connectivity index (χ0n) is 13.7. The SMILES string of the molecule is Cc1ccc2c(c1)S[C@@H](C(=O)NCc1ccnc(N(C)C)c1)C2. The van der Waals surface area contributed by atoms with Crippen molar-refractivity contribution in [2.75, 3.05) is 19.0 Å². The molecule has 23 heavy (non-hydrogen) atoms. The minimum absolute atomic E-state index is 0.0260. The molecule has 5 heteroatoms. The van der Waals surface area contributed by atoms with Crippen molar-refractivity contribution in [2.24, 2.45) is 0 Å². The molecule has 1 N–H and O–H groups in total. The summed E-state index contributed by atoms with van der Waals surface area (Å²) in [5, 5.41) is 3.02. The first-order chi connectivity index (χ1) is 11.0. The van der Waals surface area contributed by atoms with Crippen molar-refractivity contribution in [3.8, 4) is 0 Å². The van der Waals surface area contributed by atoms with Crippen LogP contribution in [0.1, 0.15) is 16.7 Å². The first kappa shape index (κ1) is 15.9. The number of fused-ring (bicyclic) bond motifs is 1. The third kappa shape index (κ3) is 3.67. The number of rotatable bonds is 4. The van der Waals surface area contributed by atoms with Crippen molar-refractivity contribution in [1.29, 1.82) is 0 Å². The van der Waals surface area contributed by atoms with Crippen LogP contribution in [0.15, 0.2) is 41.4 Å². The fourth-order valence-corrected chi connectivity index (χ4v) is 3.92. The Morgan fingerprint density at radius 1 is 1.35 bits per heavy atom. The molecule has 0 saturated heterocycles. The van der Waals surface area contributed by atoms with Crippen LogP contribution >= 0.6 is 11.8 Å². The lowest BCUT2D eigenvalue weighted by molar-refractivity contribution is -0.120. The van der Waals surface area contributed by atoms with Gasteiger partial charge in [-0.25, -0.2) is 4.98 Å². The predicted molar refractivity (Wildman–Crippen MR) is 94.9 cm³/mol. The first-order valence-corrected chi connectivity index (χ1v) is 8.57. The number of pyridine rings is 1. The molecule has 1 aromatic heterocycles. The molecular weight excluding hydrogens is 306 g/mol. The van der Waals surface area contributed by atoms with E-state index in [-0.39, 0.29) is 11.2 Å². The number of benzene rings is 1. The van der Waals surface area contributed by atoms with Crippen LogP contribution in [0, 0.1) is 6.92 Å². The lowest BCUT2D eigenvalue weighted by Gasteiger charge is -2.13. The van der Waals surface area contributed by atoms with Gasteiger partial charge in [-0.3, -0.25) is 4.79 Å². The van der Waals surface area contributed by atoms with Gasteiger partial charge in [-0.1, -0.05) is 17.7 Å². The van der Waals surface area contributed by atoms with Crippen LogP contribution in [0.5, 0.6) is 0 Å². The molecule has 120 valence electrons. The molecule has 1 atom stereocenters. The lowest BCUT2D eigenvalue weighted by atomic mass is 10.1. The summed E-state index contributed by atoms with van der Waals surface area (Å²) in [6.07, 6.45) is 2.59. The van der Waals surface area contributed by atoms with Gasteiger partial charge in [-0.2, -0.15) is 0 Å². The maximum absolute atomic E-state index is 12.4. The molecule has 0 saturated carbocycles. The van der Waals surface area contributed by atoms with E-state index in [0.717, 1.165) is 17.8 Å². The third-order valence-electron chi connectivity index (χ3n) is 3.92. The molecule has 0 unspecified atom stereocenters. The summed E-state index contributed by atoms with van der Waals surface area (Å²) in [5.74, 6) is 1.00. The van der Waals surface area contributed by atoms with E-state index in [1.54, 1.807) is 18.0 Å². The maximum Gasteiger partial charge on any atom is 0.234 e. The molecule has 0 aliphatic carbocycles. The van der Waals surface area contributed by atoms with Gasteiger partial charge in [0.15, 0.2) is 0 Å². The summed E-state index contributed by atoms with van der Waals surface area (Å²) in [6.45, 7) is 2.62. The summed E-state index contributed by atoms with van der Waals surface area (Å²) in [6, 6.07) is 10.4. The van der Waals surface area contributed by atoms with E-state index in [1.807, 2.05) is 31.1 Å². The number of aromatic nitrogens is 1. The number of anilines is 1. The summed E-state index contributed by atoms with van der Waals surface area (Å²) in [5.41, 5.74) is 3.58. The second-order valence-corrected chi connectivity index (χ2v) is 7.30. The van der Waals surface area contributed by atoms with Gasteiger partial charge in [0.25, 0.3) is 0 Å². The fourth-order valence-electron chi connectivity index (χ4n) is 2.60. The van der Waals surface area contributed by atoms with Crippen molar-refractivity contribution in [2.45, 2.75) is 30.0 Å². The highest BCUT2D eigenvalue weighted by molar-refractivity contribution is 8.01. The van der Waals surface area contributed by atoms with Crippen molar-refractivity contribution < 1.29 is 4.79 Å². The summed E-state index contributed by atoms with van der Waals surface area (Å²) < 4.78 is 0. The maximum atomic E-state index is 12.4. The second kappa shape index (κ2) is 6.62. The zero-order chi connectivity index (χ0) is 16.4. The number of nitrogens with zero attached hydrogens (tertiary/aromatic N) is 2. The number of hydrogen-bond acceptors (Lipinski definition) is 4. The molecule has 0 spiro atoms. The van der Waals surface area contributed by atoms with E-state index in [4.69, 9.17) is 0 Å². The van der Waals surface area contributed by atoms with Gasteiger partial charge in [0.2, 0.25) is 5.91 Å². The van der Waals surface area contributed by atoms with Crippen LogP contribution in [0.25, 0.3) is 0 Å². The van der Waals surface area contributed by atoms with Gasteiger partial charge in [-0.15, -0.1) is 11.8 Å². The van der Waals surface area contributed by atoms with E-state index < -0.39 is 0 Å². The zero-order valence-corrected chi connectivity index (χ0v) is 14.5. The second-order valence-electron chi connectivity index (χ2n) is 6.06. The highest BCUT2D eigenvalue weighted by Crippen LogP contribution is 2.37. The molecule has 3 rings (SSSR count). The molecule has 1 aliphatic heterocycles. The van der Waals surface area contributed by atoms with E-state index in [1.165, 1.54) is 16.0 Å². The number of amides is 1. The van der Waals surface area contributed by atoms with Gasteiger partial charge < -0.3 is 10.2 Å². The Balaban J connectivity index is 1.60. The van der Waals surface area contributed by atoms with Crippen molar-refractivity contribution >= 4 is 23.5 Å². The predicted octanol–water partition coefficient (Wildman–Crippen LogP) is 2.79. The highest BCUT2D eigenvalue weighted by Gasteiger charge is 2.28. The molecule has 1 aliphatic rings. The Labute approximate surface area is 141 Å². The number of carbonyl (C=O) groups excluding carboxylic acids is 1. The first-order valence-electron chi connectivity index (χ1n) is 7.69. The normalized spacial score (nSPS) is 16.0. The Hall–Kier alpha value is -2.01. The van der Waals surface area contributed by atoms with Gasteiger partial charge in [-0.05, 0) is 42.7 Å². The fraction of sp³-hybridized carbons (Fsp3) is 0.333. The Morgan fingerprint density at radius 2 is 2.17 bits per heavy atom. The van der Waals surface area contributed by atoms with Gasteiger partial charge in [0.05, 0.1) is 5.25 Å². The minimum atomic E-state index is -0.0260. The standard InChI is InChI=1S/C18H21N3OS/c1-12-4-5-14-10-16(23-15(14)8-12)18(22)20-11-13-6-7-19-17(9-13)21(2)3/h4-9,16H,10-11H2,1-3H3,(H,20,22)/t16-/m1/s1. The Morgan fingerprint density at radius 3 is 2.96 bits per heavy atom. The number of hydrogen-bond donors (Lipinski definition) is 1. The molecule has 0 radical (unpaired) electrons. The molecule has 4 nitrogen and oxygen atoms in total. The average Bonchev–Trinajstić information content (AvgIpc) is 2.96. The van der Waals surface area contributed by atoms with Gasteiger partial charge in [0.1, 0.15) is 5.82 Å². The smallest absolute Gasteiger partial charge is 0.234 e. The molecule has 1 amide bonds. The van der Waals surface area contributed by atoms with Crippen LogP contribution < -0.4 is 10.2 Å². The van der Waals surface area contributed by atoms with Crippen LogP contribution in [0.3, 0.4) is 0 Å². The summed E-state index contributed by atoms with van der Waals surface area (Å²) in [7, 11) is 3.91. The largest absolute Gasteiger partial charge is 0.363 e. The molecule has 1 aromatic carbocycles. The summed E-state index contributed by atoms with van der Waals surface area (Å²) >= 11 is 1.67. The van der Waals surface area contributed by atoms with E-state index in [0.29, 0.717) is 6.54 Å². The number of carbonyl (C=O) groups is 1. The van der Waals surface area contributed by atoms with Gasteiger partial charge in [0, 0.05) is 31.7 Å². The Kier molecular flexibility index (Phi) is 4.57. The van der Waals surface area contributed by atoms with E-state index >= 15 is 0 Å². The van der Waals surface area contributed by atoms with Crippen LogP contribution in [0.2, 0.25) is 0 Å². The van der Waals surface area contributed by atoms with Crippen molar-refractivity contribution in [1.82, 2.24) is 10.3 Å². The molecule has 2 heterocycles. The highest BCUT2D eigenvalue weighted by atomic mass is 32.2. The van der Waals surface area contributed by atoms with Crippen molar-refractivity contribution in [3.05, 3.63) is 53.2 Å². The van der Waals surface area contributed by atoms with E-state index in [2.05, 4.69) is 35.4 Å². The average molecular weight is 327 g/mol. The number of aryl methyl sites for hydroxylation is 1. The van der Waals surface area contributed by atoms with Crippen LogP contribution in [0.4, 0.5) is 5.82 Å². The topological polar surface area (TPSA) is 45.2 Å². The lowest BCUT2D eigenvalue weighted by Crippen LogP contribution is -2.32. The molecule has 0 bridgehead atoms. The molecule has 0 fully saturated rings. The third-order valence-corrected chi connectivity index (χ3v) is 5.22. The minimum Gasteiger partial charge on any atom is -0.363 e. The number of nitrogens with one attached hydrogen (secondary N) is 1. The van der Waals surface area contributed by atoms with Crippen molar-refractivity contribution in [3.63, 3.8) is 0 Å².